The van der Waals surface area contributed by atoms with Gasteiger partial charge in [0.05, 0.1) is 0 Å². The number of benzene rings is 1. The smallest absolute Gasteiger partial charge is 0.326 e. The van der Waals surface area contributed by atoms with Gasteiger partial charge in [0.25, 0.3) is 0 Å². The van der Waals surface area contributed by atoms with Crippen LogP contribution in [0.3, 0.4) is 0 Å². The Morgan fingerprint density at radius 2 is 1.95 bits per heavy atom. The van der Waals surface area contributed by atoms with Gasteiger partial charge in [0.2, 0.25) is 5.91 Å². The predicted molar refractivity (Wildman–Crippen MR) is 75.4 cm³/mol. The van der Waals surface area contributed by atoms with Crippen LogP contribution in [0.4, 0.5) is 0 Å². The molecule has 1 atom stereocenters. The molecule has 0 heterocycles. The van der Waals surface area contributed by atoms with Crippen LogP contribution in [0.15, 0.2) is 30.3 Å². The summed E-state index contributed by atoms with van der Waals surface area (Å²) in [4.78, 5) is 22.9. The van der Waals surface area contributed by atoms with Gasteiger partial charge in [0, 0.05) is 26.6 Å². The van der Waals surface area contributed by atoms with Crippen LogP contribution in [0, 0.1) is 0 Å². The zero-order valence-electron chi connectivity index (χ0n) is 11.7. The molecule has 0 saturated heterocycles. The molecule has 0 aliphatic heterocycles. The van der Waals surface area contributed by atoms with Gasteiger partial charge in [-0.25, -0.2) is 4.79 Å². The zero-order valence-corrected chi connectivity index (χ0v) is 11.7. The van der Waals surface area contributed by atoms with Gasteiger partial charge in [0.15, 0.2) is 0 Å². The van der Waals surface area contributed by atoms with Crippen LogP contribution in [0.1, 0.15) is 24.8 Å². The fraction of sp³-hybridized carbons (Fsp3) is 0.467. The summed E-state index contributed by atoms with van der Waals surface area (Å²) in [5, 5.41) is 11.7. The average molecular weight is 279 g/mol. The number of carboxylic acid groups (broad SMARTS) is 1. The summed E-state index contributed by atoms with van der Waals surface area (Å²) < 4.78 is 4.90. The summed E-state index contributed by atoms with van der Waals surface area (Å²) >= 11 is 0. The van der Waals surface area contributed by atoms with E-state index in [2.05, 4.69) is 5.32 Å². The third-order valence-corrected chi connectivity index (χ3v) is 2.92. The Morgan fingerprint density at radius 3 is 2.55 bits per heavy atom. The Kier molecular flexibility index (Phi) is 7.35. The molecular formula is C15H21NO4. The number of hydrogen-bond acceptors (Lipinski definition) is 3. The Hall–Kier alpha value is -1.88. The van der Waals surface area contributed by atoms with Gasteiger partial charge in [-0.15, -0.1) is 0 Å². The Balaban J connectivity index is 2.43. The summed E-state index contributed by atoms with van der Waals surface area (Å²) in [6, 6.07) is 8.38. The number of nitrogens with one attached hydrogen (secondary N) is 1. The van der Waals surface area contributed by atoms with Crippen molar-refractivity contribution in [2.75, 3.05) is 13.7 Å². The number of hydrogen-bond donors (Lipinski definition) is 2. The molecule has 0 spiro atoms. The van der Waals surface area contributed by atoms with Crippen LogP contribution in [0.25, 0.3) is 0 Å². The van der Waals surface area contributed by atoms with Crippen LogP contribution in [0.2, 0.25) is 0 Å². The van der Waals surface area contributed by atoms with Crippen molar-refractivity contribution in [3.63, 3.8) is 0 Å². The van der Waals surface area contributed by atoms with E-state index in [4.69, 9.17) is 9.84 Å². The molecular weight excluding hydrogens is 258 g/mol. The lowest BCUT2D eigenvalue weighted by Gasteiger charge is -2.14. The maximum atomic E-state index is 11.7. The van der Waals surface area contributed by atoms with Crippen molar-refractivity contribution in [1.29, 1.82) is 0 Å². The Labute approximate surface area is 118 Å². The van der Waals surface area contributed by atoms with Crippen LogP contribution in [-0.4, -0.2) is 36.7 Å². The summed E-state index contributed by atoms with van der Waals surface area (Å²) in [5.74, 6) is -1.25. The van der Waals surface area contributed by atoms with E-state index in [-0.39, 0.29) is 5.91 Å². The van der Waals surface area contributed by atoms with Crippen molar-refractivity contribution in [2.45, 2.75) is 31.7 Å². The number of ether oxygens (including phenoxy) is 1. The molecule has 0 unspecified atom stereocenters. The van der Waals surface area contributed by atoms with E-state index in [1.165, 1.54) is 0 Å². The van der Waals surface area contributed by atoms with Gasteiger partial charge < -0.3 is 15.2 Å². The third-order valence-electron chi connectivity index (χ3n) is 2.92. The normalized spacial score (nSPS) is 11.8. The largest absolute Gasteiger partial charge is 0.480 e. The van der Waals surface area contributed by atoms with Gasteiger partial charge in [0.1, 0.15) is 6.04 Å². The van der Waals surface area contributed by atoms with E-state index in [0.717, 1.165) is 12.0 Å². The molecule has 1 aromatic rings. The molecule has 1 rings (SSSR count). The molecule has 0 radical (unpaired) electrons. The zero-order chi connectivity index (χ0) is 14.8. The number of aliphatic carboxylic acids is 1. The lowest BCUT2D eigenvalue weighted by Crippen LogP contribution is -2.42. The van der Waals surface area contributed by atoms with Crippen LogP contribution >= 0.6 is 0 Å². The minimum Gasteiger partial charge on any atom is -0.480 e. The molecule has 20 heavy (non-hydrogen) atoms. The lowest BCUT2D eigenvalue weighted by molar-refractivity contribution is -0.141. The van der Waals surface area contributed by atoms with Crippen molar-refractivity contribution in [3.8, 4) is 0 Å². The number of carbonyl (C=O) groups is 2. The first kappa shape index (κ1) is 16.2. The summed E-state index contributed by atoms with van der Waals surface area (Å²) in [6.07, 6.45) is 2.10. The van der Waals surface area contributed by atoms with Gasteiger partial charge >= 0.3 is 5.97 Å². The first-order valence-electron chi connectivity index (χ1n) is 6.68. The number of carboxylic acids is 1. The number of methoxy groups -OCH3 is 1. The second-order valence-corrected chi connectivity index (χ2v) is 4.60. The van der Waals surface area contributed by atoms with Crippen molar-refractivity contribution in [1.82, 2.24) is 5.32 Å². The van der Waals surface area contributed by atoms with Gasteiger partial charge in [-0.1, -0.05) is 30.3 Å². The first-order valence-corrected chi connectivity index (χ1v) is 6.68. The molecule has 110 valence electrons. The van der Waals surface area contributed by atoms with Crippen molar-refractivity contribution in [2.24, 2.45) is 0 Å². The highest BCUT2D eigenvalue weighted by atomic mass is 16.5. The average Bonchev–Trinajstić information content (AvgIpc) is 2.44. The van der Waals surface area contributed by atoms with Gasteiger partial charge in [-0.3, -0.25) is 4.79 Å². The van der Waals surface area contributed by atoms with E-state index in [0.29, 0.717) is 25.9 Å². The standard InChI is InChI=1S/C15H21NO4/c1-20-10-6-5-9-14(17)16-13(15(18)19)11-12-7-3-2-4-8-12/h2-4,7-8,13H,5-6,9-11H2,1H3,(H,16,17)(H,18,19)/t13-/m0/s1. The molecule has 0 fully saturated rings. The number of unbranched alkanes of at least 4 members (excludes halogenated alkanes) is 1. The second kappa shape index (κ2) is 9.09. The fourth-order valence-electron chi connectivity index (χ4n) is 1.85. The number of rotatable bonds is 9. The predicted octanol–water partition coefficient (Wildman–Crippen LogP) is 1.62. The molecule has 0 aliphatic carbocycles. The highest BCUT2D eigenvalue weighted by molar-refractivity contribution is 5.83. The summed E-state index contributed by atoms with van der Waals surface area (Å²) in [7, 11) is 1.61. The minimum absolute atomic E-state index is 0.232. The number of carbonyl (C=O) groups excluding carboxylic acids is 1. The lowest BCUT2D eigenvalue weighted by atomic mass is 10.1. The van der Waals surface area contributed by atoms with E-state index >= 15 is 0 Å². The number of amides is 1. The first-order chi connectivity index (χ1) is 9.63. The van der Waals surface area contributed by atoms with E-state index in [9.17, 15) is 9.59 Å². The maximum absolute atomic E-state index is 11.7. The topological polar surface area (TPSA) is 75.6 Å². The Bertz CT molecular complexity index is 419. The van der Waals surface area contributed by atoms with E-state index < -0.39 is 12.0 Å². The maximum Gasteiger partial charge on any atom is 0.326 e. The summed E-state index contributed by atoms with van der Waals surface area (Å²) in [5.41, 5.74) is 0.889. The van der Waals surface area contributed by atoms with Crippen LogP contribution < -0.4 is 5.32 Å². The Morgan fingerprint density at radius 1 is 1.25 bits per heavy atom. The quantitative estimate of drug-likeness (QED) is 0.673. The molecule has 5 nitrogen and oxygen atoms in total. The van der Waals surface area contributed by atoms with Gasteiger partial charge in [-0.2, -0.15) is 0 Å². The van der Waals surface area contributed by atoms with E-state index in [1.54, 1.807) is 7.11 Å². The summed E-state index contributed by atoms with van der Waals surface area (Å²) in [6.45, 7) is 0.611. The molecule has 5 heteroatoms. The minimum atomic E-state index is -1.01. The molecule has 0 saturated carbocycles. The molecule has 1 amide bonds. The van der Waals surface area contributed by atoms with Crippen molar-refractivity contribution >= 4 is 11.9 Å². The highest BCUT2D eigenvalue weighted by Gasteiger charge is 2.19. The van der Waals surface area contributed by atoms with Gasteiger partial charge in [-0.05, 0) is 18.4 Å². The molecule has 0 aliphatic rings. The fourth-order valence-corrected chi connectivity index (χ4v) is 1.85. The molecule has 0 aromatic heterocycles. The SMILES string of the molecule is COCCCCC(=O)N[C@@H](Cc1ccccc1)C(=O)O. The molecule has 1 aromatic carbocycles. The van der Waals surface area contributed by atoms with E-state index in [1.807, 2.05) is 30.3 Å². The van der Waals surface area contributed by atoms with Crippen LogP contribution in [-0.2, 0) is 20.7 Å². The molecule has 2 N–H and O–H groups in total. The monoisotopic (exact) mass is 279 g/mol. The van der Waals surface area contributed by atoms with Crippen molar-refractivity contribution in [3.05, 3.63) is 35.9 Å². The van der Waals surface area contributed by atoms with Crippen LogP contribution in [0.5, 0.6) is 0 Å². The third kappa shape index (κ3) is 6.33. The second-order valence-electron chi connectivity index (χ2n) is 4.60. The van der Waals surface area contributed by atoms with Crippen molar-refractivity contribution < 1.29 is 19.4 Å². The highest BCUT2D eigenvalue weighted by Crippen LogP contribution is 2.04. The molecule has 0 bridgehead atoms.